The molecule has 3 nitrogen and oxygen atoms in total. The van der Waals surface area contributed by atoms with Crippen molar-refractivity contribution in [3.63, 3.8) is 0 Å². The van der Waals surface area contributed by atoms with Crippen LogP contribution in [-0.4, -0.2) is 19.0 Å². The van der Waals surface area contributed by atoms with Gasteiger partial charge in [0.15, 0.2) is 0 Å². The van der Waals surface area contributed by atoms with Gasteiger partial charge in [0.1, 0.15) is 17.6 Å². The quantitative estimate of drug-likeness (QED) is 0.859. The third-order valence-corrected chi connectivity index (χ3v) is 4.59. The molecule has 2 fully saturated rings. The molecule has 1 aromatic carbocycles. The molecule has 20 heavy (non-hydrogen) atoms. The van der Waals surface area contributed by atoms with Gasteiger partial charge in [-0.05, 0) is 37.9 Å². The van der Waals surface area contributed by atoms with Crippen LogP contribution in [0.1, 0.15) is 30.9 Å². The molecule has 1 aliphatic carbocycles. The Morgan fingerprint density at radius 1 is 1.25 bits per heavy atom. The molecule has 108 valence electrons. The highest BCUT2D eigenvalue weighted by molar-refractivity contribution is 5.47. The predicted octanol–water partition coefficient (Wildman–Crippen LogP) is 3.16. The van der Waals surface area contributed by atoms with Gasteiger partial charge in [0.25, 0.3) is 0 Å². The summed E-state index contributed by atoms with van der Waals surface area (Å²) in [4.78, 5) is 0. The molecule has 0 bridgehead atoms. The number of hydrogen-bond acceptors (Lipinski definition) is 3. The van der Waals surface area contributed by atoms with Crippen LogP contribution in [0, 0.1) is 5.41 Å². The lowest BCUT2D eigenvalue weighted by Gasteiger charge is -2.33. The number of ether oxygens (including phenoxy) is 2. The first-order valence-electron chi connectivity index (χ1n) is 6.77. The summed E-state index contributed by atoms with van der Waals surface area (Å²) in [6.45, 7) is 0.935. The zero-order valence-electron chi connectivity index (χ0n) is 10.7. The summed E-state index contributed by atoms with van der Waals surface area (Å²) in [6.07, 6.45) is -1.25. The predicted molar refractivity (Wildman–Crippen MR) is 64.6 cm³/mol. The van der Waals surface area contributed by atoms with E-state index in [1.807, 2.05) is 0 Å². The van der Waals surface area contributed by atoms with Gasteiger partial charge in [-0.3, -0.25) is 0 Å². The van der Waals surface area contributed by atoms with Crippen LogP contribution >= 0.6 is 0 Å². The van der Waals surface area contributed by atoms with Gasteiger partial charge in [-0.1, -0.05) is 0 Å². The van der Waals surface area contributed by atoms with Gasteiger partial charge in [-0.15, -0.1) is 13.2 Å². The Morgan fingerprint density at radius 3 is 2.75 bits per heavy atom. The summed E-state index contributed by atoms with van der Waals surface area (Å²) < 4.78 is 46.6. The molecular weight excluding hydrogens is 271 g/mol. The van der Waals surface area contributed by atoms with E-state index in [2.05, 4.69) is 10.1 Å². The van der Waals surface area contributed by atoms with Gasteiger partial charge in [0, 0.05) is 17.0 Å². The second kappa shape index (κ2) is 3.81. The van der Waals surface area contributed by atoms with Gasteiger partial charge in [0.2, 0.25) is 0 Å². The molecule has 2 aliphatic heterocycles. The number of nitrogens with one attached hydrogen (secondary N) is 1. The standard InChI is InChI=1S/C14H14F3NO2/c15-14(16,17)20-8-1-2-9-10(7-8)19-12-11(9)18-6-5-13(12)3-4-13/h1-2,7,11-12,18H,3-6H2/t11-,12+/m0/s1. The molecule has 0 radical (unpaired) electrons. The van der Waals surface area contributed by atoms with E-state index in [9.17, 15) is 13.2 Å². The first-order valence-corrected chi connectivity index (χ1v) is 6.77. The maximum atomic E-state index is 12.2. The zero-order valence-corrected chi connectivity index (χ0v) is 10.7. The van der Waals surface area contributed by atoms with Crippen LogP contribution in [0.15, 0.2) is 18.2 Å². The summed E-state index contributed by atoms with van der Waals surface area (Å²) in [5, 5.41) is 3.41. The second-order valence-electron chi connectivity index (χ2n) is 5.83. The van der Waals surface area contributed by atoms with Crippen LogP contribution in [-0.2, 0) is 0 Å². The Labute approximate surface area is 114 Å². The van der Waals surface area contributed by atoms with Gasteiger partial charge in [0.05, 0.1) is 6.04 Å². The third-order valence-electron chi connectivity index (χ3n) is 4.59. The van der Waals surface area contributed by atoms with Crippen molar-refractivity contribution in [3.05, 3.63) is 23.8 Å². The molecule has 3 aliphatic rings. The van der Waals surface area contributed by atoms with Gasteiger partial charge in [-0.25, -0.2) is 0 Å². The van der Waals surface area contributed by atoms with E-state index in [-0.39, 0.29) is 23.3 Å². The highest BCUT2D eigenvalue weighted by atomic mass is 19.4. The molecule has 2 heterocycles. The van der Waals surface area contributed by atoms with Crippen molar-refractivity contribution in [1.29, 1.82) is 0 Å². The Balaban J connectivity index is 1.64. The van der Waals surface area contributed by atoms with E-state index in [1.54, 1.807) is 6.07 Å². The van der Waals surface area contributed by atoms with Crippen LogP contribution in [0.25, 0.3) is 0 Å². The molecule has 1 saturated heterocycles. The van der Waals surface area contributed by atoms with Crippen LogP contribution in [0.3, 0.4) is 0 Å². The Kier molecular flexibility index (Phi) is 2.35. The van der Waals surface area contributed by atoms with Crippen LogP contribution in [0.5, 0.6) is 11.5 Å². The lowest BCUT2D eigenvalue weighted by molar-refractivity contribution is -0.274. The van der Waals surface area contributed by atoms with Gasteiger partial charge in [-0.2, -0.15) is 0 Å². The summed E-state index contributed by atoms with van der Waals surface area (Å²) in [5.74, 6) is 0.294. The van der Waals surface area contributed by atoms with Gasteiger partial charge >= 0.3 is 6.36 Å². The highest BCUT2D eigenvalue weighted by Gasteiger charge is 2.58. The second-order valence-corrected chi connectivity index (χ2v) is 5.83. The lowest BCUT2D eigenvalue weighted by atomic mass is 9.84. The fourth-order valence-corrected chi connectivity index (χ4v) is 3.45. The molecule has 2 atom stereocenters. The average molecular weight is 285 g/mol. The van der Waals surface area contributed by atoms with Crippen LogP contribution in [0.4, 0.5) is 13.2 Å². The normalized spacial score (nSPS) is 29.6. The minimum atomic E-state index is -4.67. The minimum Gasteiger partial charge on any atom is -0.487 e. The molecule has 6 heteroatoms. The summed E-state index contributed by atoms with van der Waals surface area (Å²) in [7, 11) is 0. The summed E-state index contributed by atoms with van der Waals surface area (Å²) >= 11 is 0. The Morgan fingerprint density at radius 2 is 2.05 bits per heavy atom. The molecule has 1 aromatic rings. The fraction of sp³-hybridized carbons (Fsp3) is 0.571. The maximum Gasteiger partial charge on any atom is 0.573 e. The SMILES string of the molecule is FC(F)(F)Oc1ccc2c(c1)O[C@@H]1[C@H]2NCCC12CC2. The van der Waals surface area contributed by atoms with E-state index in [0.717, 1.165) is 31.4 Å². The highest BCUT2D eigenvalue weighted by Crippen LogP contribution is 2.60. The molecular formula is C14H14F3NO2. The van der Waals surface area contributed by atoms with E-state index in [4.69, 9.17) is 4.74 Å². The van der Waals surface area contributed by atoms with E-state index in [0.29, 0.717) is 5.75 Å². The van der Waals surface area contributed by atoms with E-state index >= 15 is 0 Å². The molecule has 0 amide bonds. The Bertz CT molecular complexity index is 554. The first kappa shape index (κ1) is 12.3. The largest absolute Gasteiger partial charge is 0.573 e. The zero-order chi connectivity index (χ0) is 14.0. The molecule has 1 spiro atoms. The monoisotopic (exact) mass is 285 g/mol. The number of hydrogen-bond donors (Lipinski definition) is 1. The molecule has 0 aromatic heterocycles. The summed E-state index contributed by atoms with van der Waals surface area (Å²) in [5.41, 5.74) is 1.18. The number of rotatable bonds is 1. The maximum absolute atomic E-state index is 12.2. The van der Waals surface area contributed by atoms with Crippen LogP contribution in [0.2, 0.25) is 0 Å². The summed E-state index contributed by atoms with van der Waals surface area (Å²) in [6, 6.07) is 4.48. The number of halogens is 3. The molecule has 4 rings (SSSR count). The number of piperidine rings is 1. The van der Waals surface area contributed by atoms with Crippen molar-refractivity contribution in [2.75, 3.05) is 6.54 Å². The van der Waals surface area contributed by atoms with Crippen molar-refractivity contribution in [3.8, 4) is 11.5 Å². The number of alkyl halides is 3. The van der Waals surface area contributed by atoms with Crippen LogP contribution < -0.4 is 14.8 Å². The van der Waals surface area contributed by atoms with Crippen molar-refractivity contribution in [2.24, 2.45) is 5.41 Å². The minimum absolute atomic E-state index is 0.0485. The lowest BCUT2D eigenvalue weighted by Crippen LogP contribution is -2.44. The number of fused-ring (bicyclic) bond motifs is 4. The number of benzene rings is 1. The topological polar surface area (TPSA) is 30.5 Å². The smallest absolute Gasteiger partial charge is 0.487 e. The van der Waals surface area contributed by atoms with E-state index in [1.165, 1.54) is 12.1 Å². The molecule has 1 saturated carbocycles. The Hall–Kier alpha value is -1.43. The van der Waals surface area contributed by atoms with E-state index < -0.39 is 6.36 Å². The molecule has 1 N–H and O–H groups in total. The molecule has 0 unspecified atom stereocenters. The van der Waals surface area contributed by atoms with Crippen molar-refractivity contribution in [2.45, 2.75) is 37.8 Å². The third kappa shape index (κ3) is 1.85. The first-order chi connectivity index (χ1) is 9.47. The van der Waals surface area contributed by atoms with Gasteiger partial charge < -0.3 is 14.8 Å². The van der Waals surface area contributed by atoms with Crippen molar-refractivity contribution < 1.29 is 22.6 Å². The van der Waals surface area contributed by atoms with Crippen molar-refractivity contribution >= 4 is 0 Å². The van der Waals surface area contributed by atoms with Crippen molar-refractivity contribution in [1.82, 2.24) is 5.32 Å². The average Bonchev–Trinajstić information content (AvgIpc) is 3.01. The fourth-order valence-electron chi connectivity index (χ4n) is 3.45.